The molecular weight excluding hydrogens is 990 g/mol. The molecule has 16 aromatic rings. The summed E-state index contributed by atoms with van der Waals surface area (Å²) in [5.41, 5.74) is 29.2. The summed E-state index contributed by atoms with van der Waals surface area (Å²) in [5, 5.41) is 10.3. The monoisotopic (exact) mass is 1040 g/mol. The van der Waals surface area contributed by atoms with E-state index in [1.807, 2.05) is 0 Å². The third-order valence-corrected chi connectivity index (χ3v) is 18.6. The second-order valence-electron chi connectivity index (χ2n) is 23.3. The van der Waals surface area contributed by atoms with Crippen LogP contribution in [0.5, 0.6) is 0 Å². The van der Waals surface area contributed by atoms with Crippen molar-refractivity contribution in [3.05, 3.63) is 277 Å². The second-order valence-corrected chi connectivity index (χ2v) is 23.3. The maximum Gasteiger partial charge on any atom is 0.332 e. The second kappa shape index (κ2) is 17.0. The van der Waals surface area contributed by atoms with Crippen LogP contribution >= 0.6 is 0 Å². The number of aromatic nitrogens is 4. The van der Waals surface area contributed by atoms with Gasteiger partial charge in [-0.25, -0.2) is 0 Å². The fourth-order valence-corrected chi connectivity index (χ4v) is 15.7. The number of fused-ring (bicyclic) bond motifs is 16. The van der Waals surface area contributed by atoms with Crippen LogP contribution in [0, 0.1) is 20.8 Å². The molecule has 0 spiro atoms. The molecule has 12 aromatic carbocycles. The molecule has 0 aliphatic carbocycles. The van der Waals surface area contributed by atoms with Gasteiger partial charge in [-0.2, -0.15) is 0 Å². The summed E-state index contributed by atoms with van der Waals surface area (Å²) in [7, 11) is 0. The van der Waals surface area contributed by atoms with E-state index in [1.54, 1.807) is 0 Å². The molecule has 18 rings (SSSR count). The summed E-state index contributed by atoms with van der Waals surface area (Å²) in [6.07, 6.45) is 0.770. The summed E-state index contributed by atoms with van der Waals surface area (Å²) in [4.78, 5) is 0. The standard InChI is InChI=1S/C76H52B2N4/c1-46-39-47(2)71-60(40-46)62-44-49(41-48(3)72(62)81(71)77-63-31-12-16-37-69(63)79-67-35-14-10-25-54(67)56-29-19-33-65(77)75(56)79)42-50-43-59(52-23-8-5-9-24-52)74-61(45-50)58-28-18-27-53(51-21-6-4-7-22-51)73(58)82(74)78-64-32-13-17-38-70(64)80-68-36-15-11-26-55(68)57-30-20-34-66(78)76(57)80/h4-41,43-45H,42H2,1-3H3. The Labute approximate surface area is 475 Å². The van der Waals surface area contributed by atoms with Crippen LogP contribution in [0.15, 0.2) is 249 Å². The van der Waals surface area contributed by atoms with E-state index >= 15 is 0 Å². The molecule has 0 fully saturated rings. The third kappa shape index (κ3) is 6.19. The lowest BCUT2D eigenvalue weighted by Gasteiger charge is -2.29. The Bertz CT molecular complexity index is 5420. The number of rotatable bonds is 6. The Balaban J connectivity index is 0.890. The van der Waals surface area contributed by atoms with Gasteiger partial charge in [0.15, 0.2) is 0 Å². The topological polar surface area (TPSA) is 19.7 Å². The fraction of sp³-hybridized carbons (Fsp3) is 0.0526. The number of hydrogen-bond acceptors (Lipinski definition) is 0. The normalized spacial score (nSPS) is 12.8. The zero-order valence-corrected chi connectivity index (χ0v) is 45.8. The number of aryl methyl sites for hydroxylation is 3. The number of nitrogens with zero attached hydrogens (tertiary/aromatic N) is 4. The number of para-hydroxylation sites is 7. The highest BCUT2D eigenvalue weighted by Crippen LogP contribution is 2.45. The quantitative estimate of drug-likeness (QED) is 0.148. The molecule has 0 bridgehead atoms. The maximum atomic E-state index is 2.74. The van der Waals surface area contributed by atoms with Crippen molar-refractivity contribution in [2.45, 2.75) is 27.2 Å². The van der Waals surface area contributed by atoms with Crippen LogP contribution in [0.1, 0.15) is 27.8 Å². The molecule has 0 N–H and O–H groups in total. The SMILES string of the molecule is Cc1cc(C)c2c(c1)c1cc(Cc3cc(-c4ccccc4)c4c(c3)c3cccc(-c5ccccc5)c3n4B3c4ccccc4-n4c5ccccc5c5cccc3c54)cc(C)c1n2B1c2ccccc2-n2c3ccccc3c3cccc1c32. The first-order valence-corrected chi connectivity index (χ1v) is 28.9. The van der Waals surface area contributed by atoms with Crippen molar-refractivity contribution in [3.8, 4) is 33.6 Å². The smallest absolute Gasteiger partial charge is 0.332 e. The molecule has 2 aliphatic heterocycles. The highest BCUT2D eigenvalue weighted by molar-refractivity contribution is 6.89. The lowest BCUT2D eigenvalue weighted by molar-refractivity contribution is 1.17. The number of benzene rings is 12. The molecule has 4 nitrogen and oxygen atoms in total. The lowest BCUT2D eigenvalue weighted by atomic mass is 9.48. The van der Waals surface area contributed by atoms with Crippen molar-refractivity contribution in [2.75, 3.05) is 0 Å². The average Bonchev–Trinajstić information content (AvgIpc) is 1.83. The van der Waals surface area contributed by atoms with Gasteiger partial charge in [0.25, 0.3) is 0 Å². The minimum Gasteiger partial charge on any atom is -0.375 e. The van der Waals surface area contributed by atoms with E-state index in [0.29, 0.717) is 0 Å². The average molecular weight is 1040 g/mol. The molecule has 2 aliphatic rings. The van der Waals surface area contributed by atoms with Gasteiger partial charge in [-0.15, -0.1) is 0 Å². The van der Waals surface area contributed by atoms with Crippen LogP contribution in [0.2, 0.25) is 0 Å². The molecule has 82 heavy (non-hydrogen) atoms. The summed E-state index contributed by atoms with van der Waals surface area (Å²) >= 11 is 0. The summed E-state index contributed by atoms with van der Waals surface area (Å²) in [5.74, 6) is 0. The van der Waals surface area contributed by atoms with Crippen molar-refractivity contribution in [2.24, 2.45) is 0 Å². The van der Waals surface area contributed by atoms with Gasteiger partial charge in [0.2, 0.25) is 0 Å². The Morgan fingerprint density at radius 1 is 0.293 bits per heavy atom. The Kier molecular flexibility index (Phi) is 9.49. The van der Waals surface area contributed by atoms with Crippen LogP contribution < -0.4 is 21.9 Å². The van der Waals surface area contributed by atoms with E-state index in [1.165, 1.54) is 171 Å². The molecule has 0 saturated heterocycles. The van der Waals surface area contributed by atoms with E-state index in [4.69, 9.17) is 0 Å². The minimum atomic E-state index is -0.129. The largest absolute Gasteiger partial charge is 0.375 e. The Morgan fingerprint density at radius 2 is 0.707 bits per heavy atom. The van der Waals surface area contributed by atoms with Gasteiger partial charge in [-0.3, -0.25) is 0 Å². The van der Waals surface area contributed by atoms with E-state index in [-0.39, 0.29) is 13.7 Å². The fourth-order valence-electron chi connectivity index (χ4n) is 15.7. The van der Waals surface area contributed by atoms with Crippen molar-refractivity contribution in [1.82, 2.24) is 18.1 Å². The van der Waals surface area contributed by atoms with Gasteiger partial charge in [-0.1, -0.05) is 206 Å². The van der Waals surface area contributed by atoms with E-state index in [2.05, 4.69) is 288 Å². The van der Waals surface area contributed by atoms with E-state index in [0.717, 1.165) is 6.42 Å². The van der Waals surface area contributed by atoms with Gasteiger partial charge in [-0.05, 0) is 131 Å². The van der Waals surface area contributed by atoms with Gasteiger partial charge in [0, 0.05) is 87.7 Å². The third-order valence-electron chi connectivity index (χ3n) is 18.6. The molecule has 0 unspecified atom stereocenters. The Morgan fingerprint density at radius 3 is 1.30 bits per heavy atom. The van der Waals surface area contributed by atoms with Crippen LogP contribution in [0.25, 0.3) is 121 Å². The summed E-state index contributed by atoms with van der Waals surface area (Å²) < 4.78 is 10.5. The van der Waals surface area contributed by atoms with E-state index < -0.39 is 0 Å². The molecule has 6 heteroatoms. The van der Waals surface area contributed by atoms with Crippen molar-refractivity contribution in [1.29, 1.82) is 0 Å². The molecule has 0 amide bonds. The van der Waals surface area contributed by atoms with Gasteiger partial charge >= 0.3 is 13.7 Å². The van der Waals surface area contributed by atoms with Gasteiger partial charge in [0.05, 0.1) is 22.1 Å². The predicted octanol–water partition coefficient (Wildman–Crippen LogP) is 15.9. The highest BCUT2D eigenvalue weighted by Gasteiger charge is 2.39. The number of hydrogen-bond donors (Lipinski definition) is 0. The molecule has 382 valence electrons. The van der Waals surface area contributed by atoms with Crippen LogP contribution in [-0.2, 0) is 6.42 Å². The summed E-state index contributed by atoms with van der Waals surface area (Å²) in [6.45, 7) is 6.76. The first-order valence-electron chi connectivity index (χ1n) is 28.9. The van der Waals surface area contributed by atoms with Crippen molar-refractivity contribution in [3.63, 3.8) is 0 Å². The maximum absolute atomic E-state index is 2.74. The molecule has 0 atom stereocenters. The van der Waals surface area contributed by atoms with Gasteiger partial charge < -0.3 is 18.1 Å². The highest BCUT2D eigenvalue weighted by atomic mass is 15.0. The minimum absolute atomic E-state index is 0.0388. The van der Waals surface area contributed by atoms with Crippen molar-refractivity contribution < 1.29 is 0 Å². The zero-order valence-electron chi connectivity index (χ0n) is 45.8. The van der Waals surface area contributed by atoms with E-state index in [9.17, 15) is 0 Å². The van der Waals surface area contributed by atoms with Crippen LogP contribution in [0.4, 0.5) is 0 Å². The molecule has 4 aromatic heterocycles. The predicted molar refractivity (Wildman–Crippen MR) is 349 cm³/mol. The van der Waals surface area contributed by atoms with Crippen LogP contribution in [-0.4, -0.2) is 31.8 Å². The summed E-state index contributed by atoms with van der Waals surface area (Å²) in [6, 6.07) is 94.2. The lowest BCUT2D eigenvalue weighted by Crippen LogP contribution is -2.53. The zero-order chi connectivity index (χ0) is 54.1. The van der Waals surface area contributed by atoms with Gasteiger partial charge in [0.1, 0.15) is 0 Å². The van der Waals surface area contributed by atoms with Crippen LogP contribution in [0.3, 0.4) is 0 Å². The molecule has 0 saturated carbocycles. The molecule has 0 radical (unpaired) electrons. The van der Waals surface area contributed by atoms with Crippen molar-refractivity contribution >= 4 is 123 Å². The molecule has 6 heterocycles. The first-order chi connectivity index (χ1) is 40.5. The molecular formula is C76H52B2N4. The Hall–Kier alpha value is -10.0. The first kappa shape index (κ1) is 45.8.